The first-order valence-corrected chi connectivity index (χ1v) is 4.89. The molecule has 70 valence electrons. The largest absolute Gasteiger partial charge is 0.244 e. The second-order valence-electron chi connectivity index (χ2n) is 4.85. The minimum Gasteiger partial charge on any atom is -0.244 e. The van der Waals surface area contributed by atoms with E-state index in [1.165, 1.54) is 24.1 Å². The summed E-state index contributed by atoms with van der Waals surface area (Å²) in [6, 6.07) is 0. The molecule has 0 bridgehead atoms. The summed E-state index contributed by atoms with van der Waals surface area (Å²) in [6.07, 6.45) is 6.25. The molecule has 1 aliphatic carbocycles. The third-order valence-electron chi connectivity index (χ3n) is 2.52. The zero-order valence-electron chi connectivity index (χ0n) is 8.54. The van der Waals surface area contributed by atoms with Gasteiger partial charge in [-0.2, -0.15) is 0 Å². The summed E-state index contributed by atoms with van der Waals surface area (Å²) in [6.45, 7) is 6.66. The lowest BCUT2D eigenvalue weighted by Crippen LogP contribution is -2.15. The molecule has 0 unspecified atom stereocenters. The first-order chi connectivity index (χ1) is 6.09. The van der Waals surface area contributed by atoms with Gasteiger partial charge < -0.3 is 0 Å². The molecule has 2 rings (SSSR count). The Morgan fingerprint density at radius 3 is 2.54 bits per heavy atom. The van der Waals surface area contributed by atoms with Crippen LogP contribution in [-0.4, -0.2) is 9.97 Å². The van der Waals surface area contributed by atoms with Crippen molar-refractivity contribution in [1.82, 2.24) is 9.97 Å². The van der Waals surface area contributed by atoms with Crippen molar-refractivity contribution < 1.29 is 0 Å². The van der Waals surface area contributed by atoms with Crippen LogP contribution in [0, 0.1) is 0 Å². The molecule has 1 fully saturated rings. The Bertz CT molecular complexity index is 308. The Balaban J connectivity index is 2.43. The smallest absolute Gasteiger partial charge is 0.115 e. The van der Waals surface area contributed by atoms with Gasteiger partial charge >= 0.3 is 0 Å². The summed E-state index contributed by atoms with van der Waals surface area (Å²) in [5.41, 5.74) is 2.78. The standard InChI is InChI=1S/C11H16N2/c1-11(2,3)9-6-12-7-13-10(9)8-4-5-8/h6-8H,4-5H2,1-3H3. The van der Waals surface area contributed by atoms with E-state index in [-0.39, 0.29) is 5.41 Å². The highest BCUT2D eigenvalue weighted by Crippen LogP contribution is 2.42. The molecule has 2 heteroatoms. The number of hydrogen-bond acceptors (Lipinski definition) is 2. The van der Waals surface area contributed by atoms with Crippen LogP contribution in [-0.2, 0) is 5.41 Å². The van der Waals surface area contributed by atoms with Crippen LogP contribution in [0.1, 0.15) is 50.8 Å². The van der Waals surface area contributed by atoms with E-state index in [1.807, 2.05) is 6.20 Å². The molecule has 0 aromatic carbocycles. The van der Waals surface area contributed by atoms with Crippen LogP contribution in [0.5, 0.6) is 0 Å². The maximum atomic E-state index is 4.40. The first kappa shape index (κ1) is 8.67. The Morgan fingerprint density at radius 2 is 2.00 bits per heavy atom. The molecule has 1 saturated carbocycles. The summed E-state index contributed by atoms with van der Waals surface area (Å²) in [5.74, 6) is 0.720. The van der Waals surface area contributed by atoms with Crippen LogP contribution >= 0.6 is 0 Å². The van der Waals surface area contributed by atoms with Gasteiger partial charge in [0, 0.05) is 12.1 Å². The van der Waals surface area contributed by atoms with E-state index in [1.54, 1.807) is 6.33 Å². The lowest BCUT2D eigenvalue weighted by molar-refractivity contribution is 0.573. The normalized spacial score (nSPS) is 17.5. The average molecular weight is 176 g/mol. The lowest BCUT2D eigenvalue weighted by atomic mass is 9.86. The molecular formula is C11H16N2. The van der Waals surface area contributed by atoms with Crippen molar-refractivity contribution in [2.24, 2.45) is 0 Å². The molecule has 0 spiro atoms. The minimum absolute atomic E-state index is 0.180. The van der Waals surface area contributed by atoms with Gasteiger partial charge in [0.05, 0.1) is 5.69 Å². The predicted octanol–water partition coefficient (Wildman–Crippen LogP) is 2.65. The first-order valence-electron chi connectivity index (χ1n) is 4.89. The van der Waals surface area contributed by atoms with Gasteiger partial charge in [-0.15, -0.1) is 0 Å². The van der Waals surface area contributed by atoms with Crippen molar-refractivity contribution in [2.75, 3.05) is 0 Å². The van der Waals surface area contributed by atoms with Gasteiger partial charge in [-0.05, 0) is 23.8 Å². The zero-order valence-corrected chi connectivity index (χ0v) is 8.54. The number of hydrogen-bond donors (Lipinski definition) is 0. The van der Waals surface area contributed by atoms with Gasteiger partial charge in [-0.3, -0.25) is 0 Å². The Morgan fingerprint density at radius 1 is 1.31 bits per heavy atom. The van der Waals surface area contributed by atoms with E-state index in [2.05, 4.69) is 30.7 Å². The SMILES string of the molecule is CC(C)(C)c1cncnc1C1CC1. The quantitative estimate of drug-likeness (QED) is 0.657. The molecule has 0 saturated heterocycles. The van der Waals surface area contributed by atoms with E-state index in [0.717, 1.165) is 5.92 Å². The molecule has 0 atom stereocenters. The van der Waals surface area contributed by atoms with Crippen LogP contribution < -0.4 is 0 Å². The van der Waals surface area contributed by atoms with Gasteiger partial charge in [0.25, 0.3) is 0 Å². The molecular weight excluding hydrogens is 160 g/mol. The third kappa shape index (κ3) is 1.71. The van der Waals surface area contributed by atoms with Crippen LogP contribution in [0.25, 0.3) is 0 Å². The highest BCUT2D eigenvalue weighted by molar-refractivity contribution is 5.29. The molecule has 2 nitrogen and oxygen atoms in total. The zero-order chi connectivity index (χ0) is 9.47. The van der Waals surface area contributed by atoms with Crippen molar-refractivity contribution in [3.63, 3.8) is 0 Å². The van der Waals surface area contributed by atoms with Gasteiger partial charge in [0.15, 0.2) is 0 Å². The Hall–Kier alpha value is -0.920. The van der Waals surface area contributed by atoms with Crippen LogP contribution in [0.2, 0.25) is 0 Å². The van der Waals surface area contributed by atoms with Gasteiger partial charge in [-0.25, -0.2) is 9.97 Å². The molecule has 1 aromatic rings. The molecule has 1 aliphatic rings. The topological polar surface area (TPSA) is 25.8 Å². The van der Waals surface area contributed by atoms with Gasteiger partial charge in [0.2, 0.25) is 0 Å². The van der Waals surface area contributed by atoms with Crippen molar-refractivity contribution in [3.05, 3.63) is 23.8 Å². The van der Waals surface area contributed by atoms with E-state index in [4.69, 9.17) is 0 Å². The Labute approximate surface area is 79.4 Å². The summed E-state index contributed by atoms with van der Waals surface area (Å²) in [5, 5.41) is 0. The van der Waals surface area contributed by atoms with Crippen LogP contribution in [0.3, 0.4) is 0 Å². The highest BCUT2D eigenvalue weighted by atomic mass is 14.8. The molecule has 13 heavy (non-hydrogen) atoms. The molecule has 1 aromatic heterocycles. The number of rotatable bonds is 1. The number of aromatic nitrogens is 2. The fourth-order valence-electron chi connectivity index (χ4n) is 1.60. The van der Waals surface area contributed by atoms with Crippen molar-refractivity contribution in [2.45, 2.75) is 44.9 Å². The summed E-state index contributed by atoms with van der Waals surface area (Å²) < 4.78 is 0. The maximum Gasteiger partial charge on any atom is 0.115 e. The van der Waals surface area contributed by atoms with Crippen LogP contribution in [0.15, 0.2) is 12.5 Å². The molecule has 0 aliphatic heterocycles. The second-order valence-corrected chi connectivity index (χ2v) is 4.85. The molecule has 0 N–H and O–H groups in total. The summed E-state index contributed by atoms with van der Waals surface area (Å²) in [7, 11) is 0. The van der Waals surface area contributed by atoms with Crippen LogP contribution in [0.4, 0.5) is 0 Å². The van der Waals surface area contributed by atoms with Crippen molar-refractivity contribution >= 4 is 0 Å². The number of nitrogens with zero attached hydrogens (tertiary/aromatic N) is 2. The third-order valence-corrected chi connectivity index (χ3v) is 2.52. The van der Waals surface area contributed by atoms with E-state index >= 15 is 0 Å². The highest BCUT2D eigenvalue weighted by Gasteiger charge is 2.30. The maximum absolute atomic E-state index is 4.40. The minimum atomic E-state index is 0.180. The second kappa shape index (κ2) is 2.79. The van der Waals surface area contributed by atoms with Gasteiger partial charge in [0.1, 0.15) is 6.33 Å². The van der Waals surface area contributed by atoms with E-state index in [0.29, 0.717) is 0 Å². The monoisotopic (exact) mass is 176 g/mol. The van der Waals surface area contributed by atoms with Crippen molar-refractivity contribution in [3.8, 4) is 0 Å². The lowest BCUT2D eigenvalue weighted by Gasteiger charge is -2.21. The van der Waals surface area contributed by atoms with E-state index < -0.39 is 0 Å². The predicted molar refractivity (Wildman–Crippen MR) is 52.7 cm³/mol. The molecule has 0 radical (unpaired) electrons. The van der Waals surface area contributed by atoms with E-state index in [9.17, 15) is 0 Å². The molecule has 1 heterocycles. The van der Waals surface area contributed by atoms with Gasteiger partial charge in [-0.1, -0.05) is 20.8 Å². The van der Waals surface area contributed by atoms with Crippen molar-refractivity contribution in [1.29, 1.82) is 0 Å². The molecule has 0 amide bonds. The fourth-order valence-corrected chi connectivity index (χ4v) is 1.60. The summed E-state index contributed by atoms with van der Waals surface area (Å²) >= 11 is 0. The fraction of sp³-hybridized carbons (Fsp3) is 0.636. The average Bonchev–Trinajstić information content (AvgIpc) is 2.85. The Kier molecular flexibility index (Phi) is 1.86. The summed E-state index contributed by atoms with van der Waals surface area (Å²) in [4.78, 5) is 8.51.